The molecule has 0 saturated heterocycles. The number of hydrogen-bond acceptors (Lipinski definition) is 3. The second-order valence-electron chi connectivity index (χ2n) is 4.15. The zero-order valence-electron chi connectivity index (χ0n) is 10.6. The number of anilines is 1. The Kier molecular flexibility index (Phi) is 4.60. The highest BCUT2D eigenvalue weighted by Crippen LogP contribution is 2.23. The quantitative estimate of drug-likeness (QED) is 0.861. The summed E-state index contributed by atoms with van der Waals surface area (Å²) in [6, 6.07) is 8.01. The second-order valence-corrected chi connectivity index (χ2v) is 6.72. The van der Waals surface area contributed by atoms with Crippen molar-refractivity contribution in [1.29, 1.82) is 0 Å². The highest BCUT2D eigenvalue weighted by atomic mass is 79.9. The van der Waals surface area contributed by atoms with Gasteiger partial charge >= 0.3 is 0 Å². The Labute approximate surface area is 129 Å². The molecular formula is C13H11BrF2N2O2S. The fraction of sp³-hybridized carbons (Fsp3) is 0.0769. The zero-order valence-corrected chi connectivity index (χ0v) is 13.0. The molecule has 0 fully saturated rings. The van der Waals surface area contributed by atoms with E-state index in [0.29, 0.717) is 0 Å². The van der Waals surface area contributed by atoms with Crippen molar-refractivity contribution >= 4 is 31.6 Å². The summed E-state index contributed by atoms with van der Waals surface area (Å²) in [7, 11) is -4.17. The zero-order chi connectivity index (χ0) is 15.6. The maximum absolute atomic E-state index is 14.0. The molecule has 0 aliphatic carbocycles. The molecule has 3 N–H and O–H groups in total. The Bertz CT molecular complexity index is 764. The minimum absolute atomic E-state index is 0.260. The smallest absolute Gasteiger partial charge is 0.264 e. The molecule has 0 amide bonds. The van der Waals surface area contributed by atoms with E-state index in [1.54, 1.807) is 12.1 Å². The molecule has 0 bridgehead atoms. The number of rotatable bonds is 4. The van der Waals surface area contributed by atoms with Crippen molar-refractivity contribution in [3.63, 3.8) is 0 Å². The number of nitrogens with one attached hydrogen (secondary N) is 1. The molecule has 0 aliphatic heterocycles. The van der Waals surface area contributed by atoms with Crippen LogP contribution in [0.3, 0.4) is 0 Å². The third-order valence-corrected chi connectivity index (χ3v) is 4.67. The van der Waals surface area contributed by atoms with Crippen LogP contribution in [0, 0.1) is 11.6 Å². The second kappa shape index (κ2) is 6.08. The van der Waals surface area contributed by atoms with Crippen LogP contribution in [-0.2, 0) is 16.6 Å². The molecule has 0 aromatic heterocycles. The molecule has 0 radical (unpaired) electrons. The van der Waals surface area contributed by atoms with Crippen molar-refractivity contribution < 1.29 is 17.2 Å². The molecular weight excluding hydrogens is 366 g/mol. The maximum Gasteiger partial charge on any atom is 0.264 e. The number of nitrogens with two attached hydrogens (primary N) is 1. The lowest BCUT2D eigenvalue weighted by atomic mass is 10.2. The summed E-state index contributed by atoms with van der Waals surface area (Å²) in [4.78, 5) is -0.646. The molecule has 4 nitrogen and oxygen atoms in total. The van der Waals surface area contributed by atoms with Crippen LogP contribution in [0.5, 0.6) is 0 Å². The molecule has 2 aromatic carbocycles. The van der Waals surface area contributed by atoms with Gasteiger partial charge in [-0.3, -0.25) is 4.72 Å². The van der Waals surface area contributed by atoms with E-state index in [1.165, 1.54) is 12.1 Å². The van der Waals surface area contributed by atoms with Gasteiger partial charge in [-0.05, 0) is 36.4 Å². The van der Waals surface area contributed by atoms with E-state index in [9.17, 15) is 17.2 Å². The average molecular weight is 377 g/mol. The van der Waals surface area contributed by atoms with Gasteiger partial charge in [-0.15, -0.1) is 0 Å². The van der Waals surface area contributed by atoms with Crippen LogP contribution < -0.4 is 10.5 Å². The summed E-state index contributed by atoms with van der Waals surface area (Å²) in [6.07, 6.45) is 0. The van der Waals surface area contributed by atoms with Crippen molar-refractivity contribution in [1.82, 2.24) is 0 Å². The first-order valence-electron chi connectivity index (χ1n) is 5.80. The third kappa shape index (κ3) is 3.39. The van der Waals surface area contributed by atoms with E-state index in [2.05, 4.69) is 20.7 Å². The van der Waals surface area contributed by atoms with Crippen LogP contribution in [0.2, 0.25) is 0 Å². The summed E-state index contributed by atoms with van der Waals surface area (Å²) in [5.74, 6) is -2.06. The fourth-order valence-electron chi connectivity index (χ4n) is 1.70. The normalized spacial score (nSPS) is 11.4. The van der Waals surface area contributed by atoms with Gasteiger partial charge in [-0.25, -0.2) is 17.2 Å². The Balaban J connectivity index is 2.42. The molecule has 112 valence electrons. The standard InChI is InChI=1S/C13H11BrF2N2O2S/c14-8-1-3-9(4-2-8)18-21(19,20)12-6-5-11(15)10(7-17)13(12)16/h1-6,18H,7,17H2. The number of sulfonamides is 1. The van der Waals surface area contributed by atoms with Crippen LogP contribution in [0.1, 0.15) is 5.56 Å². The fourth-order valence-corrected chi connectivity index (χ4v) is 3.13. The van der Waals surface area contributed by atoms with E-state index >= 15 is 0 Å². The Morgan fingerprint density at radius 3 is 2.29 bits per heavy atom. The first-order chi connectivity index (χ1) is 9.85. The molecule has 8 heteroatoms. The minimum Gasteiger partial charge on any atom is -0.326 e. The Hall–Kier alpha value is -1.51. The van der Waals surface area contributed by atoms with E-state index in [4.69, 9.17) is 5.73 Å². The van der Waals surface area contributed by atoms with Gasteiger partial charge in [0.15, 0.2) is 5.82 Å². The topological polar surface area (TPSA) is 72.2 Å². The summed E-state index contributed by atoms with van der Waals surface area (Å²) >= 11 is 3.22. The van der Waals surface area contributed by atoms with E-state index in [-0.39, 0.29) is 5.69 Å². The van der Waals surface area contributed by atoms with Crippen molar-refractivity contribution in [2.24, 2.45) is 5.73 Å². The van der Waals surface area contributed by atoms with Gasteiger partial charge in [0.25, 0.3) is 10.0 Å². The molecule has 2 rings (SSSR count). The SMILES string of the molecule is NCc1c(F)ccc(S(=O)(=O)Nc2ccc(Br)cc2)c1F. The van der Waals surface area contributed by atoms with E-state index < -0.39 is 38.7 Å². The van der Waals surface area contributed by atoms with Gasteiger partial charge < -0.3 is 5.73 Å². The van der Waals surface area contributed by atoms with Gasteiger partial charge in [0.05, 0.1) is 0 Å². The van der Waals surface area contributed by atoms with Crippen molar-refractivity contribution in [2.75, 3.05) is 4.72 Å². The number of halogens is 3. The third-order valence-electron chi connectivity index (χ3n) is 2.74. The van der Waals surface area contributed by atoms with Crippen molar-refractivity contribution in [2.45, 2.75) is 11.4 Å². The Morgan fingerprint density at radius 1 is 1.10 bits per heavy atom. The molecule has 2 aromatic rings. The predicted molar refractivity (Wildman–Crippen MR) is 79.2 cm³/mol. The van der Waals surface area contributed by atoms with Crippen molar-refractivity contribution in [3.8, 4) is 0 Å². The van der Waals surface area contributed by atoms with Crippen molar-refractivity contribution in [3.05, 3.63) is 58.1 Å². The molecule has 0 atom stereocenters. The minimum atomic E-state index is -4.17. The van der Waals surface area contributed by atoms with E-state index in [1.807, 2.05) is 0 Å². The lowest BCUT2D eigenvalue weighted by molar-refractivity contribution is 0.530. The highest BCUT2D eigenvalue weighted by molar-refractivity contribution is 9.10. The van der Waals surface area contributed by atoms with Crippen LogP contribution in [0.15, 0.2) is 45.8 Å². The lowest BCUT2D eigenvalue weighted by Gasteiger charge is -2.11. The van der Waals surface area contributed by atoms with Crippen LogP contribution in [0.25, 0.3) is 0 Å². The van der Waals surface area contributed by atoms with E-state index in [0.717, 1.165) is 16.6 Å². The highest BCUT2D eigenvalue weighted by Gasteiger charge is 2.23. The summed E-state index contributed by atoms with van der Waals surface area (Å²) < 4.78 is 54.7. The molecule has 0 unspecified atom stereocenters. The predicted octanol–water partition coefficient (Wildman–Crippen LogP) is 2.99. The Morgan fingerprint density at radius 2 is 1.71 bits per heavy atom. The van der Waals surface area contributed by atoms with Gasteiger partial charge in [0, 0.05) is 22.3 Å². The molecule has 0 saturated carbocycles. The summed E-state index contributed by atoms with van der Waals surface area (Å²) in [6.45, 7) is -0.431. The summed E-state index contributed by atoms with van der Waals surface area (Å²) in [5, 5.41) is 0. The number of benzene rings is 2. The average Bonchev–Trinajstić information content (AvgIpc) is 2.41. The first kappa shape index (κ1) is 15.9. The van der Waals surface area contributed by atoms with Gasteiger partial charge in [0.1, 0.15) is 10.7 Å². The number of hydrogen-bond donors (Lipinski definition) is 2. The largest absolute Gasteiger partial charge is 0.326 e. The first-order valence-corrected chi connectivity index (χ1v) is 8.08. The monoisotopic (exact) mass is 376 g/mol. The summed E-state index contributed by atoms with van der Waals surface area (Å²) in [5.41, 5.74) is 5.03. The van der Waals surface area contributed by atoms with Gasteiger partial charge in [-0.2, -0.15) is 0 Å². The molecule has 21 heavy (non-hydrogen) atoms. The van der Waals surface area contributed by atoms with Crippen LogP contribution >= 0.6 is 15.9 Å². The lowest BCUT2D eigenvalue weighted by Crippen LogP contribution is -2.17. The van der Waals surface area contributed by atoms with Gasteiger partial charge in [-0.1, -0.05) is 15.9 Å². The van der Waals surface area contributed by atoms with Gasteiger partial charge in [0.2, 0.25) is 0 Å². The molecule has 0 spiro atoms. The molecule has 0 heterocycles. The van der Waals surface area contributed by atoms with Crippen LogP contribution in [-0.4, -0.2) is 8.42 Å². The van der Waals surface area contributed by atoms with Crippen LogP contribution in [0.4, 0.5) is 14.5 Å². The maximum atomic E-state index is 14.0. The molecule has 0 aliphatic rings.